The molecule has 17 heavy (non-hydrogen) atoms. The maximum atomic E-state index is 11.1. The van der Waals surface area contributed by atoms with Gasteiger partial charge in [-0.1, -0.05) is 18.2 Å². The molecular formula is C12H15NO3S. The van der Waals surface area contributed by atoms with E-state index in [1.54, 1.807) is 18.2 Å². The molecule has 4 nitrogen and oxygen atoms in total. The van der Waals surface area contributed by atoms with Gasteiger partial charge in [-0.2, -0.15) is 0 Å². The summed E-state index contributed by atoms with van der Waals surface area (Å²) < 4.78 is -0.404. The molecule has 1 aliphatic heterocycles. The average Bonchev–Trinajstić information content (AvgIpc) is 2.55. The molecule has 0 aliphatic carbocycles. The van der Waals surface area contributed by atoms with Gasteiger partial charge in [0, 0.05) is 10.3 Å². The van der Waals surface area contributed by atoms with Gasteiger partial charge < -0.3 is 10.2 Å². The molecule has 2 rings (SSSR count). The van der Waals surface area contributed by atoms with E-state index in [1.807, 2.05) is 19.9 Å². The summed E-state index contributed by atoms with van der Waals surface area (Å²) in [6.45, 7) is 3.78. The first kappa shape index (κ1) is 12.3. The van der Waals surface area contributed by atoms with Gasteiger partial charge in [0.25, 0.3) is 0 Å². The Hall–Kier alpha value is -1.20. The topological polar surface area (TPSA) is 69.6 Å². The highest BCUT2D eigenvalue weighted by Crippen LogP contribution is 2.47. The van der Waals surface area contributed by atoms with Gasteiger partial charge in [-0.3, -0.25) is 10.1 Å². The number of phenols is 1. The van der Waals surface area contributed by atoms with Crippen molar-refractivity contribution >= 4 is 17.7 Å². The van der Waals surface area contributed by atoms with Crippen LogP contribution in [0.5, 0.6) is 5.75 Å². The van der Waals surface area contributed by atoms with Crippen molar-refractivity contribution in [3.8, 4) is 5.75 Å². The van der Waals surface area contributed by atoms with Crippen LogP contribution in [0, 0.1) is 0 Å². The van der Waals surface area contributed by atoms with E-state index in [0.29, 0.717) is 0 Å². The van der Waals surface area contributed by atoms with E-state index in [2.05, 4.69) is 5.32 Å². The number of phenolic OH excluding ortho intramolecular Hbond substituents is 1. The Morgan fingerprint density at radius 1 is 1.41 bits per heavy atom. The van der Waals surface area contributed by atoms with Gasteiger partial charge in [-0.15, -0.1) is 11.8 Å². The van der Waals surface area contributed by atoms with Crippen molar-refractivity contribution in [2.45, 2.75) is 30.0 Å². The Bertz CT molecular complexity index is 447. The highest BCUT2D eigenvalue weighted by atomic mass is 32.2. The average molecular weight is 253 g/mol. The van der Waals surface area contributed by atoms with Gasteiger partial charge in [0.05, 0.1) is 5.37 Å². The second-order valence-corrected chi connectivity index (χ2v) is 6.36. The van der Waals surface area contributed by atoms with Crippen LogP contribution in [0.15, 0.2) is 24.3 Å². The molecule has 0 unspecified atom stereocenters. The minimum absolute atomic E-state index is 0.188. The molecule has 0 radical (unpaired) electrons. The minimum Gasteiger partial charge on any atom is -0.508 e. The summed E-state index contributed by atoms with van der Waals surface area (Å²) in [5, 5.41) is 21.8. The van der Waals surface area contributed by atoms with Crippen LogP contribution in [0.4, 0.5) is 0 Å². The maximum Gasteiger partial charge on any atom is 0.322 e. The van der Waals surface area contributed by atoms with E-state index < -0.39 is 16.8 Å². The zero-order valence-corrected chi connectivity index (χ0v) is 10.5. The predicted octanol–water partition coefficient (Wildman–Crippen LogP) is 1.96. The summed E-state index contributed by atoms with van der Waals surface area (Å²) in [7, 11) is 0. The van der Waals surface area contributed by atoms with Crippen molar-refractivity contribution in [3.63, 3.8) is 0 Å². The van der Waals surface area contributed by atoms with Crippen molar-refractivity contribution in [2.75, 3.05) is 0 Å². The molecule has 1 heterocycles. The normalized spacial score (nSPS) is 26.9. The molecule has 1 aromatic carbocycles. The molecule has 1 saturated heterocycles. The summed E-state index contributed by atoms with van der Waals surface area (Å²) in [4.78, 5) is 11.1. The molecule has 0 bridgehead atoms. The number of rotatable bonds is 2. The number of carbonyl (C=O) groups is 1. The molecule has 0 aromatic heterocycles. The SMILES string of the molecule is CC1(C)S[C@@H](c2ccccc2O)N[C@H]1C(=O)O. The van der Waals surface area contributed by atoms with Crippen LogP contribution in [0.1, 0.15) is 24.8 Å². The van der Waals surface area contributed by atoms with E-state index in [1.165, 1.54) is 11.8 Å². The van der Waals surface area contributed by atoms with E-state index >= 15 is 0 Å². The number of aliphatic carboxylic acids is 1. The quantitative estimate of drug-likeness (QED) is 0.751. The summed E-state index contributed by atoms with van der Waals surface area (Å²) >= 11 is 1.52. The van der Waals surface area contributed by atoms with Gasteiger partial charge in [-0.05, 0) is 19.9 Å². The van der Waals surface area contributed by atoms with Gasteiger partial charge in [0.1, 0.15) is 11.8 Å². The molecule has 0 spiro atoms. The molecule has 0 amide bonds. The van der Waals surface area contributed by atoms with Crippen molar-refractivity contribution in [1.82, 2.24) is 5.32 Å². The zero-order valence-electron chi connectivity index (χ0n) is 9.68. The van der Waals surface area contributed by atoms with E-state index in [9.17, 15) is 9.90 Å². The Balaban J connectivity index is 2.28. The minimum atomic E-state index is -0.861. The molecule has 1 aromatic rings. The van der Waals surface area contributed by atoms with Crippen molar-refractivity contribution < 1.29 is 15.0 Å². The molecule has 5 heteroatoms. The number of nitrogens with one attached hydrogen (secondary N) is 1. The van der Waals surface area contributed by atoms with E-state index in [-0.39, 0.29) is 11.1 Å². The molecule has 3 N–H and O–H groups in total. The number of carboxylic acids is 1. The van der Waals surface area contributed by atoms with Crippen LogP contribution in [0.25, 0.3) is 0 Å². The third-order valence-electron chi connectivity index (χ3n) is 2.90. The van der Waals surface area contributed by atoms with Gasteiger partial charge in [-0.25, -0.2) is 0 Å². The molecule has 1 fully saturated rings. The van der Waals surface area contributed by atoms with Crippen LogP contribution in [0.2, 0.25) is 0 Å². The number of hydrogen-bond acceptors (Lipinski definition) is 4. The van der Waals surface area contributed by atoms with Crippen molar-refractivity contribution in [3.05, 3.63) is 29.8 Å². The molecule has 1 aliphatic rings. The zero-order chi connectivity index (χ0) is 12.6. The molecular weight excluding hydrogens is 238 g/mol. The highest BCUT2D eigenvalue weighted by molar-refractivity contribution is 8.01. The smallest absolute Gasteiger partial charge is 0.322 e. The Kier molecular flexibility index (Phi) is 3.05. The van der Waals surface area contributed by atoms with Gasteiger partial charge >= 0.3 is 5.97 Å². The van der Waals surface area contributed by atoms with E-state index in [4.69, 9.17) is 5.11 Å². The van der Waals surface area contributed by atoms with Crippen LogP contribution in [-0.4, -0.2) is 27.0 Å². The lowest BCUT2D eigenvalue weighted by atomic mass is 10.0. The lowest BCUT2D eigenvalue weighted by molar-refractivity contribution is -0.139. The third kappa shape index (κ3) is 2.25. The maximum absolute atomic E-state index is 11.1. The summed E-state index contributed by atoms with van der Waals surface area (Å²) in [6.07, 6.45) is 0. The number of carboxylic acid groups (broad SMARTS) is 1. The van der Waals surface area contributed by atoms with Gasteiger partial charge in [0.2, 0.25) is 0 Å². The van der Waals surface area contributed by atoms with Crippen LogP contribution in [-0.2, 0) is 4.79 Å². The highest BCUT2D eigenvalue weighted by Gasteiger charge is 2.46. The molecule has 92 valence electrons. The van der Waals surface area contributed by atoms with Gasteiger partial charge in [0.15, 0.2) is 0 Å². The first-order valence-corrected chi connectivity index (χ1v) is 6.24. The van der Waals surface area contributed by atoms with Crippen LogP contribution < -0.4 is 5.32 Å². The first-order valence-electron chi connectivity index (χ1n) is 5.36. The predicted molar refractivity (Wildman–Crippen MR) is 67.1 cm³/mol. The largest absolute Gasteiger partial charge is 0.508 e. The lowest BCUT2D eigenvalue weighted by Crippen LogP contribution is -2.43. The first-order chi connectivity index (χ1) is 7.92. The summed E-state index contributed by atoms with van der Waals surface area (Å²) in [5.74, 6) is -0.667. The number of benzene rings is 1. The van der Waals surface area contributed by atoms with Crippen LogP contribution in [0.3, 0.4) is 0 Å². The Labute approximate surface area is 104 Å². The number of para-hydroxylation sites is 1. The second kappa shape index (κ2) is 4.23. The monoisotopic (exact) mass is 253 g/mol. The fourth-order valence-electron chi connectivity index (χ4n) is 1.99. The molecule has 0 saturated carbocycles. The number of aromatic hydroxyl groups is 1. The fraction of sp³-hybridized carbons (Fsp3) is 0.417. The molecule has 2 atom stereocenters. The standard InChI is InChI=1S/C12H15NO3S/c1-12(2)9(11(15)16)13-10(17-12)7-5-3-4-6-8(7)14/h3-6,9-10,13-14H,1-2H3,(H,15,16)/t9-,10-/m0/s1. The number of hydrogen-bond donors (Lipinski definition) is 3. The Morgan fingerprint density at radius 2 is 2.06 bits per heavy atom. The summed E-state index contributed by atoms with van der Waals surface area (Å²) in [5.41, 5.74) is 0.731. The summed E-state index contributed by atoms with van der Waals surface area (Å²) in [6, 6.07) is 6.38. The second-order valence-electron chi connectivity index (χ2n) is 4.60. The van der Waals surface area contributed by atoms with Crippen LogP contribution >= 0.6 is 11.8 Å². The van der Waals surface area contributed by atoms with E-state index in [0.717, 1.165) is 5.56 Å². The van der Waals surface area contributed by atoms with Crippen molar-refractivity contribution in [2.24, 2.45) is 0 Å². The Morgan fingerprint density at radius 3 is 2.59 bits per heavy atom. The lowest BCUT2D eigenvalue weighted by Gasteiger charge is -2.20. The fourth-order valence-corrected chi connectivity index (χ4v) is 3.43. The van der Waals surface area contributed by atoms with Crippen molar-refractivity contribution in [1.29, 1.82) is 0 Å². The third-order valence-corrected chi connectivity index (χ3v) is 4.37. The number of thioether (sulfide) groups is 1.